The van der Waals surface area contributed by atoms with E-state index in [1.807, 2.05) is 19.1 Å². The highest BCUT2D eigenvalue weighted by atomic mass is 35.5. The fourth-order valence-electron chi connectivity index (χ4n) is 3.22. The van der Waals surface area contributed by atoms with Crippen LogP contribution in [0.4, 0.5) is 5.69 Å². The zero-order valence-corrected chi connectivity index (χ0v) is 18.3. The largest absolute Gasteiger partial charge is 0.493 e. The summed E-state index contributed by atoms with van der Waals surface area (Å²) in [5, 5.41) is 5.32. The van der Waals surface area contributed by atoms with Gasteiger partial charge in [-0.2, -0.15) is 0 Å². The van der Waals surface area contributed by atoms with Crippen LogP contribution in [0.25, 0.3) is 10.9 Å². The van der Waals surface area contributed by atoms with Crippen molar-refractivity contribution in [3.05, 3.63) is 52.1 Å². The predicted octanol–water partition coefficient (Wildman–Crippen LogP) is 6.19. The first-order chi connectivity index (χ1) is 13.9. The molecule has 0 aliphatic rings. The Labute approximate surface area is 181 Å². The Morgan fingerprint density at radius 2 is 1.97 bits per heavy atom. The quantitative estimate of drug-likeness (QED) is 0.442. The first kappa shape index (κ1) is 21.5. The summed E-state index contributed by atoms with van der Waals surface area (Å²) in [5.74, 6) is 1.76. The van der Waals surface area contributed by atoms with Crippen LogP contribution in [0.3, 0.4) is 0 Å². The van der Waals surface area contributed by atoms with Crippen molar-refractivity contribution < 1.29 is 9.47 Å². The molecule has 2 aromatic carbocycles. The molecule has 1 heterocycles. The van der Waals surface area contributed by atoms with E-state index >= 15 is 0 Å². The molecule has 0 radical (unpaired) electrons. The van der Waals surface area contributed by atoms with E-state index in [9.17, 15) is 0 Å². The summed E-state index contributed by atoms with van der Waals surface area (Å²) in [6.45, 7) is 4.82. The Kier molecular flexibility index (Phi) is 7.06. The summed E-state index contributed by atoms with van der Waals surface area (Å²) in [6.07, 6.45) is 3.71. The topological polar surface area (TPSA) is 69.4 Å². The molecule has 154 valence electrons. The molecule has 5 nitrogen and oxygen atoms in total. The van der Waals surface area contributed by atoms with Crippen LogP contribution in [0.15, 0.2) is 36.5 Å². The Morgan fingerprint density at radius 3 is 2.66 bits per heavy atom. The molecule has 0 aliphatic carbocycles. The van der Waals surface area contributed by atoms with E-state index in [1.165, 1.54) is 0 Å². The highest BCUT2D eigenvalue weighted by Gasteiger charge is 2.19. The minimum atomic E-state index is 0.246. The van der Waals surface area contributed by atoms with E-state index in [-0.39, 0.29) is 6.04 Å². The normalized spacial score (nSPS) is 12.1. The molecule has 0 bridgehead atoms. The third-order valence-corrected chi connectivity index (χ3v) is 5.45. The Balaban J connectivity index is 2.10. The molecule has 7 heteroatoms. The van der Waals surface area contributed by atoms with Gasteiger partial charge in [-0.25, -0.2) is 0 Å². The minimum Gasteiger partial charge on any atom is -0.493 e. The van der Waals surface area contributed by atoms with Crippen molar-refractivity contribution in [3.8, 4) is 17.2 Å². The van der Waals surface area contributed by atoms with Gasteiger partial charge < -0.3 is 20.5 Å². The zero-order valence-electron chi connectivity index (χ0n) is 16.8. The standard InChI is InChI=1S/C22H25Cl2N3O2/c1-13-8-10-26-21-18(27-14(2)5-4-9-25)12-19(28-3)22(20(13)21)29-15-6-7-16(23)17(24)11-15/h6-8,10-12,14,27H,4-5,9,25H2,1-3H3. The SMILES string of the molecule is COc1cc(NC(C)CCCN)c2nccc(C)c2c1Oc1ccc(Cl)c(Cl)c1. The number of nitrogens with two attached hydrogens (primary N) is 1. The van der Waals surface area contributed by atoms with Crippen molar-refractivity contribution in [2.24, 2.45) is 5.73 Å². The molecule has 0 spiro atoms. The average Bonchev–Trinajstić information content (AvgIpc) is 2.70. The fraction of sp³-hybridized carbons (Fsp3) is 0.318. The van der Waals surface area contributed by atoms with Crippen molar-refractivity contribution in [1.82, 2.24) is 4.98 Å². The van der Waals surface area contributed by atoms with Gasteiger partial charge in [0.05, 0.1) is 33.7 Å². The second-order valence-corrected chi connectivity index (χ2v) is 7.78. The summed E-state index contributed by atoms with van der Waals surface area (Å²) in [7, 11) is 1.62. The predicted molar refractivity (Wildman–Crippen MR) is 121 cm³/mol. The number of pyridine rings is 1. The maximum atomic E-state index is 6.20. The molecule has 0 saturated heterocycles. The van der Waals surface area contributed by atoms with E-state index in [2.05, 4.69) is 17.2 Å². The molecule has 3 rings (SSSR count). The number of aromatic nitrogens is 1. The molecule has 29 heavy (non-hydrogen) atoms. The van der Waals surface area contributed by atoms with E-state index in [0.29, 0.717) is 33.8 Å². The number of nitrogens with one attached hydrogen (secondary N) is 1. The first-order valence-corrected chi connectivity index (χ1v) is 10.3. The van der Waals surface area contributed by atoms with Crippen molar-refractivity contribution in [2.75, 3.05) is 19.0 Å². The van der Waals surface area contributed by atoms with Crippen LogP contribution >= 0.6 is 23.2 Å². The minimum absolute atomic E-state index is 0.246. The molecule has 1 atom stereocenters. The van der Waals surface area contributed by atoms with Gasteiger partial charge in [-0.1, -0.05) is 23.2 Å². The molecule has 3 N–H and O–H groups in total. The lowest BCUT2D eigenvalue weighted by Gasteiger charge is -2.20. The van der Waals surface area contributed by atoms with E-state index in [1.54, 1.807) is 31.5 Å². The highest BCUT2D eigenvalue weighted by Crippen LogP contribution is 2.44. The summed E-state index contributed by atoms with van der Waals surface area (Å²) in [6, 6.07) is 9.27. The van der Waals surface area contributed by atoms with Gasteiger partial charge in [0.2, 0.25) is 0 Å². The molecule has 0 fully saturated rings. The van der Waals surface area contributed by atoms with Gasteiger partial charge in [-0.15, -0.1) is 0 Å². The lowest BCUT2D eigenvalue weighted by molar-refractivity contribution is 0.381. The van der Waals surface area contributed by atoms with Crippen molar-refractivity contribution in [3.63, 3.8) is 0 Å². The number of halogens is 2. The Bertz CT molecular complexity index is 1010. The third-order valence-electron chi connectivity index (χ3n) is 4.71. The lowest BCUT2D eigenvalue weighted by atomic mass is 10.1. The van der Waals surface area contributed by atoms with Crippen molar-refractivity contribution in [1.29, 1.82) is 0 Å². The van der Waals surface area contributed by atoms with Crippen LogP contribution in [0, 0.1) is 6.92 Å². The van der Waals surface area contributed by atoms with Crippen molar-refractivity contribution in [2.45, 2.75) is 32.7 Å². The van der Waals surface area contributed by atoms with Gasteiger partial charge in [-0.3, -0.25) is 4.98 Å². The Morgan fingerprint density at radius 1 is 1.17 bits per heavy atom. The van der Waals surface area contributed by atoms with E-state index in [4.69, 9.17) is 38.4 Å². The summed E-state index contributed by atoms with van der Waals surface area (Å²) >= 11 is 12.2. The van der Waals surface area contributed by atoms with Crippen LogP contribution in [-0.4, -0.2) is 24.7 Å². The van der Waals surface area contributed by atoms with Gasteiger partial charge in [-0.05, 0) is 57.0 Å². The van der Waals surface area contributed by atoms with Crippen LogP contribution in [0.5, 0.6) is 17.2 Å². The zero-order chi connectivity index (χ0) is 21.0. The number of anilines is 1. The van der Waals surface area contributed by atoms with Gasteiger partial charge >= 0.3 is 0 Å². The van der Waals surface area contributed by atoms with Crippen molar-refractivity contribution >= 4 is 39.8 Å². The van der Waals surface area contributed by atoms with E-state index in [0.717, 1.165) is 35.0 Å². The molecule has 3 aromatic rings. The maximum Gasteiger partial charge on any atom is 0.179 e. The number of aryl methyl sites for hydroxylation is 1. The molecule has 1 unspecified atom stereocenters. The number of benzene rings is 2. The van der Waals surface area contributed by atoms with Crippen LogP contribution in [0.1, 0.15) is 25.3 Å². The van der Waals surface area contributed by atoms with Gasteiger partial charge in [0, 0.05) is 24.4 Å². The number of ether oxygens (including phenoxy) is 2. The monoisotopic (exact) mass is 433 g/mol. The average molecular weight is 434 g/mol. The maximum absolute atomic E-state index is 6.20. The number of fused-ring (bicyclic) bond motifs is 1. The molecule has 0 amide bonds. The molecular formula is C22H25Cl2N3O2. The van der Waals surface area contributed by atoms with E-state index < -0.39 is 0 Å². The number of nitrogens with zero attached hydrogens (tertiary/aromatic N) is 1. The second-order valence-electron chi connectivity index (χ2n) is 6.96. The highest BCUT2D eigenvalue weighted by molar-refractivity contribution is 6.42. The third kappa shape index (κ3) is 4.86. The number of methoxy groups -OCH3 is 1. The summed E-state index contributed by atoms with van der Waals surface area (Å²) < 4.78 is 11.9. The molecule has 0 saturated carbocycles. The summed E-state index contributed by atoms with van der Waals surface area (Å²) in [4.78, 5) is 4.61. The van der Waals surface area contributed by atoms with Crippen LogP contribution in [-0.2, 0) is 0 Å². The summed E-state index contributed by atoms with van der Waals surface area (Å²) in [5.41, 5.74) is 8.39. The number of hydrogen-bond acceptors (Lipinski definition) is 5. The van der Waals surface area contributed by atoms with Gasteiger partial charge in [0.1, 0.15) is 5.75 Å². The molecule has 0 aliphatic heterocycles. The second kappa shape index (κ2) is 9.53. The number of hydrogen-bond donors (Lipinski definition) is 2. The number of rotatable bonds is 8. The van der Waals surface area contributed by atoms with Gasteiger partial charge in [0.15, 0.2) is 11.5 Å². The van der Waals surface area contributed by atoms with Crippen LogP contribution < -0.4 is 20.5 Å². The lowest BCUT2D eigenvalue weighted by Crippen LogP contribution is -2.17. The fourth-order valence-corrected chi connectivity index (χ4v) is 3.51. The molecular weight excluding hydrogens is 409 g/mol. The smallest absolute Gasteiger partial charge is 0.179 e. The Hall–Kier alpha value is -2.21. The molecule has 1 aromatic heterocycles. The van der Waals surface area contributed by atoms with Gasteiger partial charge in [0.25, 0.3) is 0 Å². The first-order valence-electron chi connectivity index (χ1n) is 9.50. The van der Waals surface area contributed by atoms with Crippen LogP contribution in [0.2, 0.25) is 10.0 Å².